The van der Waals surface area contributed by atoms with E-state index in [4.69, 9.17) is 9.47 Å². The van der Waals surface area contributed by atoms with Crippen LogP contribution in [0.15, 0.2) is 42.5 Å². The number of amides is 1. The molecule has 3 aliphatic rings. The van der Waals surface area contributed by atoms with E-state index >= 15 is 0 Å². The Labute approximate surface area is 146 Å². The predicted molar refractivity (Wildman–Crippen MR) is 90.4 cm³/mol. The monoisotopic (exact) mass is 343 g/mol. The van der Waals surface area contributed by atoms with E-state index in [1.54, 1.807) is 18.2 Å². The van der Waals surface area contributed by atoms with Gasteiger partial charge in [0.2, 0.25) is 5.91 Å². The number of carbonyl (C=O) groups excluding carboxylic acids is 3. The standard InChI is InChI=1S/C19H21NO5/c1-24-16(21)14-12-8-10-19(11-9-12,15(14)17(22)25-2)18(23)20-13-6-4-3-5-7-13/h3-8,10,12,14-15H,9,11H2,1-2H3,(H,20,23)/t12-,14-,15-,19+/m0/s1. The summed E-state index contributed by atoms with van der Waals surface area (Å²) < 4.78 is 9.83. The van der Waals surface area contributed by atoms with Crippen molar-refractivity contribution < 1.29 is 23.9 Å². The molecule has 1 fully saturated rings. The summed E-state index contributed by atoms with van der Waals surface area (Å²) in [6.07, 6.45) is 4.75. The normalized spacial score (nSPS) is 29.8. The molecule has 4 rings (SSSR count). The zero-order valence-electron chi connectivity index (χ0n) is 14.2. The second-order valence-electron chi connectivity index (χ2n) is 6.47. The predicted octanol–water partition coefficient (Wildman–Crippen LogP) is 2.17. The Morgan fingerprint density at radius 3 is 2.32 bits per heavy atom. The number of ether oxygens (including phenoxy) is 2. The van der Waals surface area contributed by atoms with Gasteiger partial charge in [0, 0.05) is 5.69 Å². The van der Waals surface area contributed by atoms with Crippen molar-refractivity contribution in [3.63, 3.8) is 0 Å². The molecule has 6 heteroatoms. The van der Waals surface area contributed by atoms with E-state index in [1.165, 1.54) is 14.2 Å². The smallest absolute Gasteiger partial charge is 0.310 e. The van der Waals surface area contributed by atoms with Crippen molar-refractivity contribution in [3.8, 4) is 0 Å². The molecular formula is C19H21NO5. The highest BCUT2D eigenvalue weighted by Crippen LogP contribution is 2.54. The molecule has 4 atom stereocenters. The molecule has 0 aromatic heterocycles. The van der Waals surface area contributed by atoms with Gasteiger partial charge >= 0.3 is 11.9 Å². The molecular weight excluding hydrogens is 322 g/mol. The van der Waals surface area contributed by atoms with Crippen LogP contribution in [0.2, 0.25) is 0 Å². The quantitative estimate of drug-likeness (QED) is 0.669. The van der Waals surface area contributed by atoms with Gasteiger partial charge in [-0.1, -0.05) is 30.4 Å². The largest absolute Gasteiger partial charge is 0.469 e. The molecule has 1 aromatic carbocycles. The van der Waals surface area contributed by atoms with Crippen LogP contribution in [0.25, 0.3) is 0 Å². The van der Waals surface area contributed by atoms with Crippen LogP contribution in [0.5, 0.6) is 0 Å². The number of hydrogen-bond donors (Lipinski definition) is 1. The zero-order chi connectivity index (χ0) is 18.0. The van der Waals surface area contributed by atoms with Crippen molar-refractivity contribution in [1.29, 1.82) is 0 Å². The van der Waals surface area contributed by atoms with Crippen LogP contribution in [0, 0.1) is 23.2 Å². The molecule has 0 spiro atoms. The summed E-state index contributed by atoms with van der Waals surface area (Å²) in [7, 11) is 2.56. The molecule has 2 bridgehead atoms. The number of anilines is 1. The molecule has 1 amide bonds. The van der Waals surface area contributed by atoms with E-state index in [-0.39, 0.29) is 11.8 Å². The molecule has 25 heavy (non-hydrogen) atoms. The zero-order valence-corrected chi connectivity index (χ0v) is 14.2. The van der Waals surface area contributed by atoms with Gasteiger partial charge in [-0.15, -0.1) is 0 Å². The summed E-state index contributed by atoms with van der Waals surface area (Å²) >= 11 is 0. The number of methoxy groups -OCH3 is 2. The average Bonchev–Trinajstić information content (AvgIpc) is 2.67. The molecule has 1 N–H and O–H groups in total. The van der Waals surface area contributed by atoms with Crippen molar-refractivity contribution in [3.05, 3.63) is 42.5 Å². The first-order chi connectivity index (χ1) is 12.0. The molecule has 0 saturated heterocycles. The fourth-order valence-corrected chi connectivity index (χ4v) is 4.04. The van der Waals surface area contributed by atoms with Crippen LogP contribution in [0.3, 0.4) is 0 Å². The van der Waals surface area contributed by atoms with Gasteiger partial charge in [-0.2, -0.15) is 0 Å². The second-order valence-corrected chi connectivity index (χ2v) is 6.47. The van der Waals surface area contributed by atoms with Crippen LogP contribution >= 0.6 is 0 Å². The van der Waals surface area contributed by atoms with Gasteiger partial charge in [-0.25, -0.2) is 0 Å². The minimum absolute atomic E-state index is 0.122. The van der Waals surface area contributed by atoms with E-state index in [0.717, 1.165) is 0 Å². The number of para-hydroxylation sites is 1. The summed E-state index contributed by atoms with van der Waals surface area (Å²) in [5.74, 6) is -3.08. The van der Waals surface area contributed by atoms with Crippen molar-refractivity contribution in [1.82, 2.24) is 0 Å². The number of allylic oxidation sites excluding steroid dienone is 1. The Kier molecular flexibility index (Phi) is 4.61. The van der Waals surface area contributed by atoms with Crippen molar-refractivity contribution in [2.45, 2.75) is 12.8 Å². The van der Waals surface area contributed by atoms with Gasteiger partial charge in [0.05, 0.1) is 31.5 Å². The van der Waals surface area contributed by atoms with E-state index in [0.29, 0.717) is 18.5 Å². The number of carbonyl (C=O) groups is 3. The first kappa shape index (κ1) is 17.2. The first-order valence-electron chi connectivity index (χ1n) is 8.25. The van der Waals surface area contributed by atoms with Gasteiger partial charge in [0.1, 0.15) is 0 Å². The average molecular weight is 343 g/mol. The minimum atomic E-state index is -1.11. The third-order valence-electron chi connectivity index (χ3n) is 5.29. The Hall–Kier alpha value is -2.63. The number of hydrogen-bond acceptors (Lipinski definition) is 5. The van der Waals surface area contributed by atoms with Crippen LogP contribution < -0.4 is 5.32 Å². The Morgan fingerprint density at radius 1 is 1.08 bits per heavy atom. The van der Waals surface area contributed by atoms with Crippen molar-refractivity contribution >= 4 is 23.5 Å². The van der Waals surface area contributed by atoms with Gasteiger partial charge in [0.15, 0.2) is 0 Å². The van der Waals surface area contributed by atoms with Gasteiger partial charge in [-0.05, 0) is 30.9 Å². The first-order valence-corrected chi connectivity index (χ1v) is 8.25. The number of fused-ring (bicyclic) bond motifs is 2. The lowest BCUT2D eigenvalue weighted by Crippen LogP contribution is -2.57. The molecule has 3 aliphatic carbocycles. The molecule has 132 valence electrons. The maximum absolute atomic E-state index is 13.1. The molecule has 1 aromatic rings. The Bertz CT molecular complexity index is 714. The fourth-order valence-electron chi connectivity index (χ4n) is 4.04. The lowest BCUT2D eigenvalue weighted by molar-refractivity contribution is -0.171. The summed E-state index contributed by atoms with van der Waals surface area (Å²) in [4.78, 5) is 37.9. The summed E-state index contributed by atoms with van der Waals surface area (Å²) in [5, 5.41) is 2.86. The van der Waals surface area contributed by atoms with Gasteiger partial charge in [-0.3, -0.25) is 14.4 Å². The van der Waals surface area contributed by atoms with Crippen molar-refractivity contribution in [2.75, 3.05) is 19.5 Å². The van der Waals surface area contributed by atoms with E-state index < -0.39 is 29.2 Å². The maximum Gasteiger partial charge on any atom is 0.310 e. The highest BCUT2D eigenvalue weighted by Gasteiger charge is 2.60. The third kappa shape index (κ3) is 2.81. The third-order valence-corrected chi connectivity index (χ3v) is 5.29. The number of benzene rings is 1. The van der Waals surface area contributed by atoms with E-state index in [2.05, 4.69) is 5.32 Å². The minimum Gasteiger partial charge on any atom is -0.469 e. The lowest BCUT2D eigenvalue weighted by atomic mass is 9.53. The van der Waals surface area contributed by atoms with Gasteiger partial charge < -0.3 is 14.8 Å². The fraction of sp³-hybridized carbons (Fsp3) is 0.421. The molecule has 0 radical (unpaired) electrons. The second kappa shape index (κ2) is 6.70. The van der Waals surface area contributed by atoms with Crippen LogP contribution in [0.1, 0.15) is 12.8 Å². The van der Waals surface area contributed by atoms with Gasteiger partial charge in [0.25, 0.3) is 0 Å². The lowest BCUT2D eigenvalue weighted by Gasteiger charge is -2.49. The Balaban J connectivity index is 1.99. The molecule has 1 saturated carbocycles. The van der Waals surface area contributed by atoms with Crippen LogP contribution in [0.4, 0.5) is 5.69 Å². The van der Waals surface area contributed by atoms with Crippen LogP contribution in [-0.4, -0.2) is 32.1 Å². The number of rotatable bonds is 4. The summed E-state index contributed by atoms with van der Waals surface area (Å²) in [6, 6.07) is 9.03. The topological polar surface area (TPSA) is 81.7 Å². The SMILES string of the molecule is COC(=O)[C@@H]1[C@@H](C(=O)OC)[C@@]2(C(=O)Nc3ccccc3)C=C[C@H]1CC2. The van der Waals surface area contributed by atoms with E-state index in [9.17, 15) is 14.4 Å². The molecule has 0 heterocycles. The van der Waals surface area contributed by atoms with Crippen molar-refractivity contribution in [2.24, 2.45) is 23.2 Å². The highest BCUT2D eigenvalue weighted by molar-refractivity contribution is 6.01. The highest BCUT2D eigenvalue weighted by atomic mass is 16.5. The molecule has 0 aliphatic heterocycles. The Morgan fingerprint density at radius 2 is 1.76 bits per heavy atom. The maximum atomic E-state index is 13.1. The summed E-state index contributed by atoms with van der Waals surface area (Å²) in [6.45, 7) is 0. The summed E-state index contributed by atoms with van der Waals surface area (Å²) in [5.41, 5.74) is -0.475. The van der Waals surface area contributed by atoms with E-state index in [1.807, 2.05) is 24.3 Å². The molecule has 6 nitrogen and oxygen atoms in total. The van der Waals surface area contributed by atoms with Crippen LogP contribution in [-0.2, 0) is 23.9 Å². The number of esters is 2. The molecule has 0 unspecified atom stereocenters. The number of nitrogens with one attached hydrogen (secondary N) is 1.